The van der Waals surface area contributed by atoms with Crippen LogP contribution in [0.25, 0.3) is 0 Å². The third-order valence-electron chi connectivity index (χ3n) is 5.33. The molecular formula is C22H20N4O2S. The zero-order chi connectivity index (χ0) is 19.8. The maximum Gasteiger partial charge on any atom is 0.227 e. The molecule has 2 N–H and O–H groups in total. The molecule has 0 spiro atoms. The van der Waals surface area contributed by atoms with Gasteiger partial charge in [-0.25, -0.2) is 4.68 Å². The summed E-state index contributed by atoms with van der Waals surface area (Å²) in [6.07, 6.45) is 3.36. The molecule has 1 aliphatic heterocycles. The Hall–Kier alpha value is -3.06. The summed E-state index contributed by atoms with van der Waals surface area (Å²) in [5.41, 5.74) is 3.04. The van der Waals surface area contributed by atoms with E-state index < -0.39 is 0 Å². The highest BCUT2D eigenvalue weighted by Crippen LogP contribution is 2.42. The number of Topliss-reactive ketones (excluding diaryl/α,β-unsaturated/α-hetero) is 1. The average Bonchev–Trinajstić information content (AvgIpc) is 3.15. The van der Waals surface area contributed by atoms with E-state index in [2.05, 4.69) is 28.5 Å². The highest BCUT2D eigenvalue weighted by molar-refractivity contribution is 7.98. The second-order valence-electron chi connectivity index (χ2n) is 7.24. The molecule has 1 aliphatic carbocycles. The van der Waals surface area contributed by atoms with E-state index in [9.17, 15) is 9.90 Å². The standard InChI is InChI=1S/C22H20N4O2S/c27-16-11-9-15(10-12-16)20-19-17(7-4-8-18(19)28)23-21-24-22(25-26(20)21)29-13-14-5-2-1-3-6-14/h1-3,5-7,9-12,19-20,27H,4,8,13H2,(H,23,24,25)/t19-,20-/m0/s1. The lowest BCUT2D eigenvalue weighted by Crippen LogP contribution is -2.38. The number of carbonyl (C=O) groups is 1. The fourth-order valence-electron chi connectivity index (χ4n) is 3.94. The minimum atomic E-state index is -0.311. The smallest absolute Gasteiger partial charge is 0.227 e. The molecule has 6 nitrogen and oxygen atoms in total. The van der Waals surface area contributed by atoms with Crippen LogP contribution in [0, 0.1) is 5.92 Å². The maximum absolute atomic E-state index is 12.8. The fourth-order valence-corrected chi connectivity index (χ4v) is 4.73. The van der Waals surface area contributed by atoms with Gasteiger partial charge in [0.25, 0.3) is 0 Å². The molecule has 2 aliphatic rings. The van der Waals surface area contributed by atoms with Gasteiger partial charge in [0.2, 0.25) is 11.1 Å². The number of fused-ring (bicyclic) bond motifs is 2. The van der Waals surface area contributed by atoms with Crippen molar-refractivity contribution in [1.82, 2.24) is 14.8 Å². The lowest BCUT2D eigenvalue weighted by atomic mass is 9.81. The Balaban J connectivity index is 1.52. The molecule has 146 valence electrons. The van der Waals surface area contributed by atoms with Crippen LogP contribution in [0.3, 0.4) is 0 Å². The predicted molar refractivity (Wildman–Crippen MR) is 112 cm³/mol. The molecule has 1 aromatic heterocycles. The average molecular weight is 404 g/mol. The van der Waals surface area contributed by atoms with Crippen LogP contribution in [0.4, 0.5) is 5.95 Å². The highest BCUT2D eigenvalue weighted by Gasteiger charge is 2.41. The first-order valence-corrected chi connectivity index (χ1v) is 10.6. The SMILES string of the molecule is O=C1CCC=C2Nc3nc(SCc4ccccc4)nn3[C@@H](c3ccc(O)cc3)[C@H]12. The van der Waals surface area contributed by atoms with Crippen molar-refractivity contribution < 1.29 is 9.90 Å². The normalized spacial score (nSPS) is 20.4. The van der Waals surface area contributed by atoms with E-state index in [4.69, 9.17) is 5.10 Å². The van der Waals surface area contributed by atoms with E-state index in [0.717, 1.165) is 23.4 Å². The predicted octanol–water partition coefficient (Wildman–Crippen LogP) is 4.15. The van der Waals surface area contributed by atoms with Crippen LogP contribution in [0.1, 0.15) is 30.0 Å². The molecule has 0 saturated heterocycles. The molecule has 2 heterocycles. The largest absolute Gasteiger partial charge is 0.508 e. The third kappa shape index (κ3) is 3.42. The lowest BCUT2D eigenvalue weighted by molar-refractivity contribution is -0.123. The Labute approximate surface area is 172 Å². The molecule has 3 aromatic rings. The number of aromatic nitrogens is 3. The van der Waals surface area contributed by atoms with Crippen molar-refractivity contribution in [3.8, 4) is 5.75 Å². The van der Waals surface area contributed by atoms with Gasteiger partial charge in [0.05, 0.1) is 12.0 Å². The molecule has 0 bridgehead atoms. The van der Waals surface area contributed by atoms with Gasteiger partial charge < -0.3 is 10.4 Å². The first-order valence-electron chi connectivity index (χ1n) is 9.61. The Bertz CT molecular complexity index is 1080. The summed E-state index contributed by atoms with van der Waals surface area (Å²) in [6.45, 7) is 0. The summed E-state index contributed by atoms with van der Waals surface area (Å²) in [6, 6.07) is 16.9. The molecular weight excluding hydrogens is 384 g/mol. The van der Waals surface area contributed by atoms with E-state index in [0.29, 0.717) is 17.5 Å². The summed E-state index contributed by atoms with van der Waals surface area (Å²) in [7, 11) is 0. The fraction of sp³-hybridized carbons (Fsp3) is 0.227. The van der Waals surface area contributed by atoms with Crippen molar-refractivity contribution in [2.75, 3.05) is 5.32 Å². The number of nitrogens with one attached hydrogen (secondary N) is 1. The number of hydrogen-bond acceptors (Lipinski definition) is 6. The topological polar surface area (TPSA) is 80.0 Å². The van der Waals surface area contributed by atoms with E-state index in [1.54, 1.807) is 23.9 Å². The highest BCUT2D eigenvalue weighted by atomic mass is 32.2. The van der Waals surface area contributed by atoms with Gasteiger partial charge in [0.15, 0.2) is 0 Å². The van der Waals surface area contributed by atoms with Gasteiger partial charge in [-0.3, -0.25) is 4.79 Å². The minimum absolute atomic E-state index is 0.200. The van der Waals surface area contributed by atoms with Crippen molar-refractivity contribution in [2.45, 2.75) is 29.8 Å². The molecule has 0 amide bonds. The van der Waals surface area contributed by atoms with E-state index >= 15 is 0 Å². The zero-order valence-electron chi connectivity index (χ0n) is 15.7. The van der Waals surface area contributed by atoms with Crippen molar-refractivity contribution in [3.05, 3.63) is 77.5 Å². The van der Waals surface area contributed by atoms with Gasteiger partial charge in [0, 0.05) is 17.9 Å². The van der Waals surface area contributed by atoms with Crippen molar-refractivity contribution in [3.63, 3.8) is 0 Å². The Morgan fingerprint density at radius 1 is 1.14 bits per heavy atom. The second-order valence-corrected chi connectivity index (χ2v) is 8.18. The number of anilines is 1. The number of ketones is 1. The van der Waals surface area contributed by atoms with E-state index in [1.807, 2.05) is 35.0 Å². The Morgan fingerprint density at radius 3 is 2.72 bits per heavy atom. The number of allylic oxidation sites excluding steroid dienone is 2. The van der Waals surface area contributed by atoms with Crippen LogP contribution < -0.4 is 5.32 Å². The number of thioether (sulfide) groups is 1. The molecule has 7 heteroatoms. The summed E-state index contributed by atoms with van der Waals surface area (Å²) < 4.78 is 1.82. The molecule has 0 fully saturated rings. The molecule has 0 radical (unpaired) electrons. The van der Waals surface area contributed by atoms with Crippen molar-refractivity contribution in [1.29, 1.82) is 0 Å². The number of carbonyl (C=O) groups excluding carboxylic acids is 1. The van der Waals surface area contributed by atoms with Crippen LogP contribution in [0.5, 0.6) is 5.75 Å². The number of hydrogen-bond donors (Lipinski definition) is 2. The van der Waals surface area contributed by atoms with Crippen LogP contribution in [-0.4, -0.2) is 25.7 Å². The van der Waals surface area contributed by atoms with Gasteiger partial charge in [0.1, 0.15) is 11.5 Å². The van der Waals surface area contributed by atoms with Crippen LogP contribution in [0.15, 0.2) is 71.5 Å². The Kier molecular flexibility index (Phi) is 4.60. The Morgan fingerprint density at radius 2 is 1.93 bits per heavy atom. The molecule has 2 aromatic carbocycles. The zero-order valence-corrected chi connectivity index (χ0v) is 16.5. The number of nitrogens with zero attached hydrogens (tertiary/aromatic N) is 3. The maximum atomic E-state index is 12.8. The summed E-state index contributed by atoms with van der Waals surface area (Å²) >= 11 is 1.57. The first-order chi connectivity index (χ1) is 14.2. The van der Waals surface area contributed by atoms with Crippen molar-refractivity contribution in [2.24, 2.45) is 5.92 Å². The molecule has 29 heavy (non-hydrogen) atoms. The second kappa shape index (κ2) is 7.40. The van der Waals surface area contributed by atoms with Gasteiger partial charge in [-0.05, 0) is 29.7 Å². The van der Waals surface area contributed by atoms with Gasteiger partial charge in [-0.2, -0.15) is 4.98 Å². The molecule has 2 atom stereocenters. The number of phenols is 1. The summed E-state index contributed by atoms with van der Waals surface area (Å²) in [5.74, 6) is 1.52. The third-order valence-corrected chi connectivity index (χ3v) is 6.24. The monoisotopic (exact) mass is 404 g/mol. The van der Waals surface area contributed by atoms with E-state index in [-0.39, 0.29) is 23.5 Å². The van der Waals surface area contributed by atoms with Crippen LogP contribution >= 0.6 is 11.8 Å². The summed E-state index contributed by atoms with van der Waals surface area (Å²) in [5, 5.41) is 18.4. The molecule has 0 unspecified atom stereocenters. The first kappa shape index (κ1) is 18.0. The van der Waals surface area contributed by atoms with Crippen LogP contribution in [-0.2, 0) is 10.5 Å². The van der Waals surface area contributed by atoms with E-state index in [1.165, 1.54) is 5.56 Å². The quantitative estimate of drug-likeness (QED) is 0.636. The molecule has 5 rings (SSSR count). The van der Waals surface area contributed by atoms with Gasteiger partial charge in [-0.15, -0.1) is 5.10 Å². The van der Waals surface area contributed by atoms with Gasteiger partial charge in [-0.1, -0.05) is 60.3 Å². The lowest BCUT2D eigenvalue weighted by Gasteiger charge is -2.36. The number of benzene rings is 2. The minimum Gasteiger partial charge on any atom is -0.508 e. The number of aromatic hydroxyl groups is 1. The number of rotatable bonds is 4. The number of phenolic OH excluding ortho intramolecular Hbond substituents is 1. The van der Waals surface area contributed by atoms with Crippen molar-refractivity contribution >= 4 is 23.5 Å². The summed E-state index contributed by atoms with van der Waals surface area (Å²) in [4.78, 5) is 17.5. The van der Waals surface area contributed by atoms with Crippen LogP contribution in [0.2, 0.25) is 0 Å². The van der Waals surface area contributed by atoms with Gasteiger partial charge >= 0.3 is 0 Å². The molecule has 0 saturated carbocycles.